The number of halogens is 1. The first kappa shape index (κ1) is 14.5. The summed E-state index contributed by atoms with van der Waals surface area (Å²) in [5.41, 5.74) is 7.63. The highest BCUT2D eigenvalue weighted by atomic mass is 35.5. The molecule has 102 valence electrons. The molecule has 0 heterocycles. The Morgan fingerprint density at radius 3 is 2.40 bits per heavy atom. The maximum absolute atomic E-state index is 12.1. The summed E-state index contributed by atoms with van der Waals surface area (Å²) in [7, 11) is 0. The normalized spacial score (nSPS) is 10.1. The first-order chi connectivity index (χ1) is 9.56. The number of thiocarbonyl (C=S) groups is 1. The number of nitrogens with two attached hydrogens (primary N) is 1. The van der Waals surface area contributed by atoms with Gasteiger partial charge in [-0.3, -0.25) is 4.79 Å². The summed E-state index contributed by atoms with van der Waals surface area (Å²) < 4.78 is 0. The van der Waals surface area contributed by atoms with E-state index in [1.807, 2.05) is 24.3 Å². The van der Waals surface area contributed by atoms with Crippen molar-refractivity contribution in [3.63, 3.8) is 0 Å². The van der Waals surface area contributed by atoms with Crippen molar-refractivity contribution in [3.8, 4) is 0 Å². The third kappa shape index (κ3) is 3.79. The first-order valence-corrected chi connectivity index (χ1v) is 6.78. The van der Waals surface area contributed by atoms with Crippen molar-refractivity contribution in [2.45, 2.75) is 6.42 Å². The average Bonchev–Trinajstić information content (AvgIpc) is 2.41. The molecular weight excluding hydrogens is 292 g/mol. The lowest BCUT2D eigenvalue weighted by Crippen LogP contribution is -2.13. The summed E-state index contributed by atoms with van der Waals surface area (Å²) in [4.78, 5) is 12.5. The van der Waals surface area contributed by atoms with Gasteiger partial charge in [0.1, 0.15) is 0 Å². The van der Waals surface area contributed by atoms with Crippen molar-refractivity contribution in [1.29, 1.82) is 0 Å². The van der Waals surface area contributed by atoms with Gasteiger partial charge in [-0.15, -0.1) is 0 Å². The van der Waals surface area contributed by atoms with Crippen molar-refractivity contribution in [2.24, 2.45) is 5.73 Å². The van der Waals surface area contributed by atoms with Crippen molar-refractivity contribution in [2.75, 3.05) is 5.32 Å². The summed E-state index contributed by atoms with van der Waals surface area (Å²) in [6.07, 6.45) is 0.550. The van der Waals surface area contributed by atoms with Gasteiger partial charge in [-0.1, -0.05) is 48.1 Å². The van der Waals surface area contributed by atoms with Crippen molar-refractivity contribution in [3.05, 3.63) is 64.7 Å². The highest BCUT2D eigenvalue weighted by molar-refractivity contribution is 7.80. The molecule has 0 fully saturated rings. The minimum Gasteiger partial charge on any atom is -0.393 e. The molecule has 0 aliphatic heterocycles. The van der Waals surface area contributed by atoms with Gasteiger partial charge in [-0.05, 0) is 29.8 Å². The van der Waals surface area contributed by atoms with Crippen LogP contribution in [-0.4, -0.2) is 10.9 Å². The van der Waals surface area contributed by atoms with Gasteiger partial charge >= 0.3 is 0 Å². The fourth-order valence-corrected chi connectivity index (χ4v) is 2.14. The van der Waals surface area contributed by atoms with E-state index >= 15 is 0 Å². The number of carbonyl (C=O) groups is 1. The Morgan fingerprint density at radius 2 is 1.80 bits per heavy atom. The van der Waals surface area contributed by atoms with Crippen LogP contribution in [0.25, 0.3) is 0 Å². The number of benzene rings is 2. The van der Waals surface area contributed by atoms with Crippen molar-refractivity contribution >= 4 is 40.4 Å². The van der Waals surface area contributed by atoms with Gasteiger partial charge in [0.15, 0.2) is 0 Å². The summed E-state index contributed by atoms with van der Waals surface area (Å²) in [5, 5.41) is 3.22. The van der Waals surface area contributed by atoms with Gasteiger partial charge in [-0.2, -0.15) is 0 Å². The third-order valence-electron chi connectivity index (χ3n) is 2.71. The van der Waals surface area contributed by atoms with Crippen LogP contribution >= 0.6 is 23.8 Å². The molecule has 0 unspecified atom stereocenters. The zero-order chi connectivity index (χ0) is 14.5. The van der Waals surface area contributed by atoms with Crippen LogP contribution in [0.4, 0.5) is 5.69 Å². The lowest BCUT2D eigenvalue weighted by Gasteiger charge is -2.07. The van der Waals surface area contributed by atoms with Crippen LogP contribution in [0.3, 0.4) is 0 Å². The van der Waals surface area contributed by atoms with Crippen LogP contribution in [0.2, 0.25) is 5.02 Å². The van der Waals surface area contributed by atoms with E-state index in [4.69, 9.17) is 29.6 Å². The molecular formula is C15H13ClN2OS. The Labute approximate surface area is 127 Å². The molecule has 0 saturated carbocycles. The molecule has 0 atom stereocenters. The van der Waals surface area contributed by atoms with Gasteiger partial charge < -0.3 is 11.1 Å². The maximum atomic E-state index is 12.1. The van der Waals surface area contributed by atoms with Gasteiger partial charge in [0.2, 0.25) is 0 Å². The van der Waals surface area contributed by atoms with Crippen LogP contribution < -0.4 is 11.1 Å². The van der Waals surface area contributed by atoms with Crippen LogP contribution in [0.1, 0.15) is 15.9 Å². The molecule has 0 saturated heterocycles. The Hall–Kier alpha value is -1.91. The Morgan fingerprint density at radius 1 is 1.15 bits per heavy atom. The smallest absolute Gasteiger partial charge is 0.257 e. The van der Waals surface area contributed by atoms with E-state index in [0.717, 1.165) is 5.56 Å². The highest BCUT2D eigenvalue weighted by Crippen LogP contribution is 2.17. The van der Waals surface area contributed by atoms with Crippen molar-refractivity contribution < 1.29 is 4.79 Å². The number of carbonyl (C=O) groups excluding carboxylic acids is 1. The van der Waals surface area contributed by atoms with E-state index in [-0.39, 0.29) is 5.91 Å². The molecule has 3 N–H and O–H groups in total. The van der Waals surface area contributed by atoms with Gasteiger partial charge in [0, 0.05) is 12.1 Å². The van der Waals surface area contributed by atoms with E-state index in [1.54, 1.807) is 24.3 Å². The minimum atomic E-state index is -0.238. The predicted octanol–water partition coefficient (Wildman–Crippen LogP) is 3.42. The lowest BCUT2D eigenvalue weighted by atomic mass is 10.1. The number of nitrogens with one attached hydrogen (secondary N) is 1. The maximum Gasteiger partial charge on any atom is 0.257 e. The molecule has 0 spiro atoms. The van der Waals surface area contributed by atoms with E-state index in [9.17, 15) is 4.79 Å². The number of amides is 1. The summed E-state index contributed by atoms with van der Waals surface area (Å²) >= 11 is 10.8. The number of anilines is 1. The monoisotopic (exact) mass is 304 g/mol. The molecule has 0 aliphatic rings. The fraction of sp³-hybridized carbons (Fsp3) is 0.0667. The fourth-order valence-electron chi connectivity index (χ4n) is 1.75. The summed E-state index contributed by atoms with van der Waals surface area (Å²) in [6.45, 7) is 0. The van der Waals surface area contributed by atoms with Gasteiger partial charge in [-0.25, -0.2) is 0 Å². The molecule has 2 rings (SSSR count). The highest BCUT2D eigenvalue weighted by Gasteiger charge is 2.09. The SMILES string of the molecule is NC(=S)Cc1ccc(NC(=O)c2ccccc2Cl)cc1. The standard InChI is InChI=1S/C15H13ClN2OS/c16-13-4-2-1-3-12(13)15(19)18-11-7-5-10(6-8-11)9-14(17)20/h1-8H,9H2,(H2,17,20)(H,18,19). The zero-order valence-corrected chi connectivity index (χ0v) is 12.2. The molecule has 0 aromatic heterocycles. The molecule has 2 aromatic rings. The molecule has 20 heavy (non-hydrogen) atoms. The summed E-state index contributed by atoms with van der Waals surface area (Å²) in [5.74, 6) is -0.238. The number of hydrogen-bond donors (Lipinski definition) is 2. The van der Waals surface area contributed by atoms with Gasteiger partial charge in [0.05, 0.1) is 15.6 Å². The largest absolute Gasteiger partial charge is 0.393 e. The molecule has 3 nitrogen and oxygen atoms in total. The van der Waals surface area contributed by atoms with Crippen LogP contribution in [-0.2, 0) is 6.42 Å². The molecule has 2 aromatic carbocycles. The average molecular weight is 305 g/mol. The third-order valence-corrected chi connectivity index (χ3v) is 3.18. The molecule has 5 heteroatoms. The molecule has 0 radical (unpaired) electrons. The second kappa shape index (κ2) is 6.50. The Kier molecular flexibility index (Phi) is 4.71. The topological polar surface area (TPSA) is 55.1 Å². The Balaban J connectivity index is 2.09. The first-order valence-electron chi connectivity index (χ1n) is 5.99. The Bertz CT molecular complexity index is 641. The minimum absolute atomic E-state index is 0.238. The summed E-state index contributed by atoms with van der Waals surface area (Å²) in [6, 6.07) is 14.3. The van der Waals surface area contributed by atoms with Crippen LogP contribution in [0, 0.1) is 0 Å². The second-order valence-electron chi connectivity index (χ2n) is 4.27. The van der Waals surface area contributed by atoms with E-state index in [1.165, 1.54) is 0 Å². The lowest BCUT2D eigenvalue weighted by molar-refractivity contribution is 0.102. The van der Waals surface area contributed by atoms with E-state index in [0.29, 0.717) is 27.7 Å². The van der Waals surface area contributed by atoms with Crippen LogP contribution in [0.5, 0.6) is 0 Å². The predicted molar refractivity (Wildman–Crippen MR) is 86.3 cm³/mol. The number of rotatable bonds is 4. The molecule has 0 aliphatic carbocycles. The molecule has 1 amide bonds. The second-order valence-corrected chi connectivity index (χ2v) is 5.21. The molecule has 0 bridgehead atoms. The van der Waals surface area contributed by atoms with Crippen LogP contribution in [0.15, 0.2) is 48.5 Å². The quantitative estimate of drug-likeness (QED) is 0.851. The zero-order valence-electron chi connectivity index (χ0n) is 10.6. The van der Waals surface area contributed by atoms with Gasteiger partial charge in [0.25, 0.3) is 5.91 Å². The van der Waals surface area contributed by atoms with E-state index < -0.39 is 0 Å². The number of hydrogen-bond acceptors (Lipinski definition) is 2. The van der Waals surface area contributed by atoms with Crippen molar-refractivity contribution in [1.82, 2.24) is 0 Å². The van der Waals surface area contributed by atoms with E-state index in [2.05, 4.69) is 5.32 Å².